The lowest BCUT2D eigenvalue weighted by Gasteiger charge is -2.40. The molecule has 0 bridgehead atoms. The minimum Gasteiger partial charge on any atom is -0.480 e. The van der Waals surface area contributed by atoms with Crippen LogP contribution in [0.2, 0.25) is 0 Å². The summed E-state index contributed by atoms with van der Waals surface area (Å²) < 4.78 is 0. The van der Waals surface area contributed by atoms with Gasteiger partial charge in [-0.05, 0) is 24.7 Å². The number of carbonyl (C=O) groups is 2. The predicted molar refractivity (Wildman–Crippen MR) is 54.3 cm³/mol. The third kappa shape index (κ3) is 1.73. The molecule has 0 spiro atoms. The van der Waals surface area contributed by atoms with Gasteiger partial charge < -0.3 is 10.0 Å². The highest BCUT2D eigenvalue weighted by molar-refractivity contribution is 5.82. The Kier molecular flexibility index (Phi) is 2.67. The molecule has 1 amide bonds. The molecule has 1 saturated carbocycles. The van der Waals surface area contributed by atoms with Crippen molar-refractivity contribution in [2.75, 3.05) is 6.54 Å². The summed E-state index contributed by atoms with van der Waals surface area (Å²) in [5.74, 6) is -0.212. The van der Waals surface area contributed by atoms with E-state index in [0.717, 1.165) is 25.7 Å². The fraction of sp³-hybridized carbons (Fsp3) is 0.818. The van der Waals surface area contributed by atoms with Gasteiger partial charge in [-0.25, -0.2) is 4.79 Å². The highest BCUT2D eigenvalue weighted by atomic mass is 16.4. The molecule has 1 aliphatic carbocycles. The van der Waals surface area contributed by atoms with Gasteiger partial charge in [-0.2, -0.15) is 0 Å². The number of fused-ring (bicyclic) bond motifs is 1. The molecule has 3 unspecified atom stereocenters. The molecule has 84 valence electrons. The largest absolute Gasteiger partial charge is 0.480 e. The molecule has 0 aromatic rings. The second-order valence-corrected chi connectivity index (χ2v) is 4.64. The van der Waals surface area contributed by atoms with Crippen molar-refractivity contribution in [3.63, 3.8) is 0 Å². The summed E-state index contributed by atoms with van der Waals surface area (Å²) in [5.41, 5.74) is 0. The summed E-state index contributed by atoms with van der Waals surface area (Å²) in [6.45, 7) is 2.08. The number of carbonyl (C=O) groups excluding carboxylic acids is 1. The maximum Gasteiger partial charge on any atom is 0.326 e. The standard InChI is InChI=1S/C11H17NO3/c1-7(13)12-6-5-8-3-2-4-9(8)10(12)11(14)15/h8-10H,2-6H2,1H3,(H,14,15). The summed E-state index contributed by atoms with van der Waals surface area (Å²) >= 11 is 0. The molecule has 2 rings (SSSR count). The van der Waals surface area contributed by atoms with Crippen LogP contribution in [0.15, 0.2) is 0 Å². The van der Waals surface area contributed by atoms with Crippen molar-refractivity contribution in [1.82, 2.24) is 4.90 Å². The third-order valence-corrected chi connectivity index (χ3v) is 3.86. The molecule has 4 heteroatoms. The predicted octanol–water partition coefficient (Wildman–Crippen LogP) is 1.11. The Bertz CT molecular complexity index is 290. The number of likely N-dealkylation sites (tertiary alicyclic amines) is 1. The second-order valence-electron chi connectivity index (χ2n) is 4.64. The van der Waals surface area contributed by atoms with Crippen LogP contribution < -0.4 is 0 Å². The van der Waals surface area contributed by atoms with Crippen molar-refractivity contribution in [3.8, 4) is 0 Å². The Morgan fingerprint density at radius 2 is 2.00 bits per heavy atom. The van der Waals surface area contributed by atoms with Crippen LogP contribution in [-0.4, -0.2) is 34.5 Å². The van der Waals surface area contributed by atoms with Gasteiger partial charge >= 0.3 is 5.97 Å². The summed E-state index contributed by atoms with van der Waals surface area (Å²) in [6.07, 6.45) is 4.20. The lowest BCUT2D eigenvalue weighted by Crippen LogP contribution is -2.53. The Morgan fingerprint density at radius 3 is 2.60 bits per heavy atom. The first-order valence-corrected chi connectivity index (χ1v) is 5.61. The second kappa shape index (κ2) is 3.83. The van der Waals surface area contributed by atoms with Gasteiger partial charge in [-0.15, -0.1) is 0 Å². The smallest absolute Gasteiger partial charge is 0.326 e. The Labute approximate surface area is 89.3 Å². The summed E-state index contributed by atoms with van der Waals surface area (Å²) in [7, 11) is 0. The minimum atomic E-state index is -0.832. The van der Waals surface area contributed by atoms with Crippen LogP contribution in [0.3, 0.4) is 0 Å². The van der Waals surface area contributed by atoms with Gasteiger partial charge in [0, 0.05) is 13.5 Å². The summed E-state index contributed by atoms with van der Waals surface area (Å²) in [5, 5.41) is 9.21. The Hall–Kier alpha value is -1.06. The molecule has 3 atom stereocenters. The van der Waals surface area contributed by atoms with E-state index in [4.69, 9.17) is 0 Å². The first kappa shape index (κ1) is 10.5. The average Bonchev–Trinajstić information content (AvgIpc) is 2.62. The van der Waals surface area contributed by atoms with Gasteiger partial charge in [-0.3, -0.25) is 4.79 Å². The quantitative estimate of drug-likeness (QED) is 0.706. The molecule has 4 nitrogen and oxygen atoms in total. The first-order valence-electron chi connectivity index (χ1n) is 5.61. The number of rotatable bonds is 1. The van der Waals surface area contributed by atoms with Crippen LogP contribution in [0, 0.1) is 11.8 Å². The topological polar surface area (TPSA) is 57.6 Å². The number of nitrogens with zero attached hydrogens (tertiary/aromatic N) is 1. The SMILES string of the molecule is CC(=O)N1CCC2CCCC2C1C(=O)O. The maximum absolute atomic E-state index is 11.4. The van der Waals surface area contributed by atoms with Crippen molar-refractivity contribution < 1.29 is 14.7 Å². The highest BCUT2D eigenvalue weighted by Crippen LogP contribution is 2.41. The number of amides is 1. The van der Waals surface area contributed by atoms with Crippen LogP contribution in [0.1, 0.15) is 32.6 Å². The molecule has 2 aliphatic rings. The molecular formula is C11H17NO3. The van der Waals surface area contributed by atoms with Gasteiger partial charge in [0.05, 0.1) is 0 Å². The van der Waals surface area contributed by atoms with Crippen molar-refractivity contribution in [2.45, 2.75) is 38.6 Å². The molecule has 0 radical (unpaired) electrons. The molecular weight excluding hydrogens is 194 g/mol. The van der Waals surface area contributed by atoms with Crippen molar-refractivity contribution in [3.05, 3.63) is 0 Å². The van der Waals surface area contributed by atoms with Crippen molar-refractivity contribution in [2.24, 2.45) is 11.8 Å². The van der Waals surface area contributed by atoms with Crippen LogP contribution >= 0.6 is 0 Å². The van der Waals surface area contributed by atoms with E-state index >= 15 is 0 Å². The van der Waals surface area contributed by atoms with Crippen LogP contribution in [0.5, 0.6) is 0 Å². The fourth-order valence-corrected chi connectivity index (χ4v) is 3.18. The fourth-order valence-electron chi connectivity index (χ4n) is 3.18. The van der Waals surface area contributed by atoms with E-state index in [1.165, 1.54) is 11.8 Å². The number of carboxylic acid groups (broad SMARTS) is 1. The molecule has 1 N–H and O–H groups in total. The molecule has 1 heterocycles. The maximum atomic E-state index is 11.4. The van der Waals surface area contributed by atoms with Crippen LogP contribution in [0.25, 0.3) is 0 Å². The van der Waals surface area contributed by atoms with Gasteiger partial charge in [0.15, 0.2) is 0 Å². The minimum absolute atomic E-state index is 0.104. The zero-order valence-electron chi connectivity index (χ0n) is 8.98. The zero-order chi connectivity index (χ0) is 11.0. The number of piperidine rings is 1. The molecule has 1 aliphatic heterocycles. The van der Waals surface area contributed by atoms with E-state index in [2.05, 4.69) is 0 Å². The van der Waals surface area contributed by atoms with Crippen LogP contribution in [0.4, 0.5) is 0 Å². The molecule has 15 heavy (non-hydrogen) atoms. The normalized spacial score (nSPS) is 35.0. The van der Waals surface area contributed by atoms with E-state index in [9.17, 15) is 14.7 Å². The lowest BCUT2D eigenvalue weighted by atomic mass is 9.82. The van der Waals surface area contributed by atoms with E-state index < -0.39 is 12.0 Å². The first-order chi connectivity index (χ1) is 7.11. The molecule has 0 aromatic carbocycles. The Balaban J connectivity index is 2.21. The van der Waals surface area contributed by atoms with E-state index in [1.807, 2.05) is 0 Å². The average molecular weight is 211 g/mol. The van der Waals surface area contributed by atoms with E-state index in [0.29, 0.717) is 12.5 Å². The van der Waals surface area contributed by atoms with Gasteiger partial charge in [0.2, 0.25) is 5.91 Å². The number of aliphatic carboxylic acids is 1. The van der Waals surface area contributed by atoms with Crippen LogP contribution in [-0.2, 0) is 9.59 Å². The number of carboxylic acids is 1. The zero-order valence-corrected chi connectivity index (χ0v) is 8.98. The van der Waals surface area contributed by atoms with Gasteiger partial charge in [-0.1, -0.05) is 12.8 Å². The van der Waals surface area contributed by atoms with Gasteiger partial charge in [0.25, 0.3) is 0 Å². The van der Waals surface area contributed by atoms with E-state index in [1.54, 1.807) is 0 Å². The summed E-state index contributed by atoms with van der Waals surface area (Å²) in [6, 6.07) is -0.566. The van der Waals surface area contributed by atoms with Gasteiger partial charge in [0.1, 0.15) is 6.04 Å². The Morgan fingerprint density at radius 1 is 1.27 bits per heavy atom. The highest BCUT2D eigenvalue weighted by Gasteiger charge is 2.45. The monoisotopic (exact) mass is 211 g/mol. The lowest BCUT2D eigenvalue weighted by molar-refractivity contribution is -0.155. The number of hydrogen-bond acceptors (Lipinski definition) is 2. The summed E-state index contributed by atoms with van der Waals surface area (Å²) in [4.78, 5) is 24.1. The number of hydrogen-bond donors (Lipinski definition) is 1. The van der Waals surface area contributed by atoms with Crippen molar-refractivity contribution >= 4 is 11.9 Å². The molecule has 1 saturated heterocycles. The molecule has 0 aromatic heterocycles. The van der Waals surface area contributed by atoms with Crippen molar-refractivity contribution in [1.29, 1.82) is 0 Å². The van der Waals surface area contributed by atoms with E-state index in [-0.39, 0.29) is 11.8 Å². The molecule has 2 fully saturated rings. The third-order valence-electron chi connectivity index (χ3n) is 3.86.